The van der Waals surface area contributed by atoms with Crippen molar-refractivity contribution in [3.05, 3.63) is 63.8 Å². The Morgan fingerprint density at radius 2 is 2.00 bits per heavy atom. The molecule has 0 atom stereocenters. The Labute approximate surface area is 140 Å². The Bertz CT molecular complexity index is 746. The van der Waals surface area contributed by atoms with Crippen molar-refractivity contribution in [1.82, 2.24) is 9.88 Å². The van der Waals surface area contributed by atoms with Gasteiger partial charge in [-0.05, 0) is 26.0 Å². The van der Waals surface area contributed by atoms with Crippen LogP contribution in [0.15, 0.2) is 42.6 Å². The highest BCUT2D eigenvalue weighted by atomic mass is 16.6. The molecule has 0 aliphatic heterocycles. The quantitative estimate of drug-likeness (QED) is 0.650. The van der Waals surface area contributed by atoms with E-state index in [9.17, 15) is 14.9 Å². The summed E-state index contributed by atoms with van der Waals surface area (Å²) in [7, 11) is 1.62. The lowest BCUT2D eigenvalue weighted by molar-refractivity contribution is -0.385. The molecule has 0 radical (unpaired) electrons. The van der Waals surface area contributed by atoms with Crippen molar-refractivity contribution in [2.24, 2.45) is 0 Å². The van der Waals surface area contributed by atoms with Gasteiger partial charge in [-0.1, -0.05) is 18.2 Å². The summed E-state index contributed by atoms with van der Waals surface area (Å²) in [5, 5.41) is 14.2. The first-order chi connectivity index (χ1) is 11.4. The summed E-state index contributed by atoms with van der Waals surface area (Å²) in [6.45, 7) is 4.06. The summed E-state index contributed by atoms with van der Waals surface area (Å²) in [6.07, 6.45) is 1.61. The van der Waals surface area contributed by atoms with Crippen LogP contribution in [0.2, 0.25) is 0 Å². The second-order valence-electron chi connectivity index (χ2n) is 5.75. The molecule has 1 aromatic carbocycles. The smallest absolute Gasteiger partial charge is 0.274 e. The molecular weight excluding hydrogens is 308 g/mol. The van der Waals surface area contributed by atoms with Gasteiger partial charge >= 0.3 is 0 Å². The maximum Gasteiger partial charge on any atom is 0.274 e. The van der Waals surface area contributed by atoms with Crippen LogP contribution in [0, 0.1) is 10.1 Å². The fourth-order valence-corrected chi connectivity index (χ4v) is 2.32. The van der Waals surface area contributed by atoms with Crippen LogP contribution >= 0.6 is 0 Å². The molecule has 24 heavy (non-hydrogen) atoms. The first-order valence-corrected chi connectivity index (χ1v) is 7.59. The summed E-state index contributed by atoms with van der Waals surface area (Å²) in [4.78, 5) is 29.0. The van der Waals surface area contributed by atoms with Crippen LogP contribution in [0.5, 0.6) is 0 Å². The van der Waals surface area contributed by atoms with E-state index in [4.69, 9.17) is 0 Å². The standard InChI is InChI=1S/C17H20N4O3/c1-12(2)19-16-14(8-6-10-18-16)17(22)20(3)11-13-7-4-5-9-15(13)21(23)24/h4-10,12H,11H2,1-3H3,(H,18,19). The van der Waals surface area contributed by atoms with Gasteiger partial charge in [0.05, 0.1) is 17.0 Å². The number of rotatable bonds is 6. The molecule has 0 spiro atoms. The van der Waals surface area contributed by atoms with Gasteiger partial charge in [-0.2, -0.15) is 0 Å². The van der Waals surface area contributed by atoms with Crippen molar-refractivity contribution in [2.45, 2.75) is 26.4 Å². The lowest BCUT2D eigenvalue weighted by Gasteiger charge is -2.20. The van der Waals surface area contributed by atoms with E-state index < -0.39 is 4.92 Å². The maximum atomic E-state index is 12.7. The van der Waals surface area contributed by atoms with Crippen LogP contribution in [0.4, 0.5) is 11.5 Å². The number of nitro groups is 1. The minimum absolute atomic E-state index is 0.00358. The number of hydrogen-bond donors (Lipinski definition) is 1. The van der Waals surface area contributed by atoms with Crippen molar-refractivity contribution in [3.63, 3.8) is 0 Å². The van der Waals surface area contributed by atoms with Crippen LogP contribution in [-0.4, -0.2) is 33.8 Å². The molecule has 7 heteroatoms. The highest BCUT2D eigenvalue weighted by Crippen LogP contribution is 2.21. The summed E-state index contributed by atoms with van der Waals surface area (Å²) in [5.41, 5.74) is 0.928. The molecule has 1 N–H and O–H groups in total. The number of carbonyl (C=O) groups is 1. The third kappa shape index (κ3) is 4.07. The van der Waals surface area contributed by atoms with Crippen LogP contribution < -0.4 is 5.32 Å². The highest BCUT2D eigenvalue weighted by molar-refractivity contribution is 5.98. The number of para-hydroxylation sites is 1. The molecule has 0 saturated heterocycles. The first kappa shape index (κ1) is 17.4. The molecule has 0 aliphatic carbocycles. The largest absolute Gasteiger partial charge is 0.367 e. The molecule has 0 fully saturated rings. The van der Waals surface area contributed by atoms with Crippen LogP contribution in [-0.2, 0) is 6.54 Å². The van der Waals surface area contributed by atoms with Crippen molar-refractivity contribution in [3.8, 4) is 0 Å². The van der Waals surface area contributed by atoms with Gasteiger partial charge in [0.2, 0.25) is 0 Å². The van der Waals surface area contributed by atoms with Crippen molar-refractivity contribution in [1.29, 1.82) is 0 Å². The normalized spacial score (nSPS) is 10.5. The topological polar surface area (TPSA) is 88.4 Å². The molecule has 0 saturated carbocycles. The predicted molar refractivity (Wildman–Crippen MR) is 91.9 cm³/mol. The molecule has 2 aromatic rings. The molecule has 1 aromatic heterocycles. The molecule has 2 rings (SSSR count). The number of amides is 1. The second kappa shape index (κ2) is 7.54. The number of nitrogens with zero attached hydrogens (tertiary/aromatic N) is 3. The average molecular weight is 328 g/mol. The Morgan fingerprint density at radius 3 is 2.67 bits per heavy atom. The number of hydrogen-bond acceptors (Lipinski definition) is 5. The van der Waals surface area contributed by atoms with Gasteiger partial charge in [0.25, 0.3) is 11.6 Å². The van der Waals surface area contributed by atoms with Gasteiger partial charge in [-0.25, -0.2) is 4.98 Å². The summed E-state index contributed by atoms with van der Waals surface area (Å²) >= 11 is 0. The fraction of sp³-hybridized carbons (Fsp3) is 0.294. The van der Waals surface area contributed by atoms with Gasteiger partial charge in [-0.15, -0.1) is 0 Å². The Kier molecular flexibility index (Phi) is 5.47. The van der Waals surface area contributed by atoms with E-state index >= 15 is 0 Å². The van der Waals surface area contributed by atoms with E-state index in [0.717, 1.165) is 0 Å². The molecule has 1 amide bonds. The zero-order chi connectivity index (χ0) is 17.7. The molecule has 1 heterocycles. The van der Waals surface area contributed by atoms with E-state index in [1.54, 1.807) is 43.6 Å². The number of carbonyl (C=O) groups excluding carboxylic acids is 1. The number of benzene rings is 1. The van der Waals surface area contributed by atoms with Gasteiger partial charge in [0.1, 0.15) is 5.82 Å². The molecule has 0 aliphatic rings. The zero-order valence-corrected chi connectivity index (χ0v) is 13.9. The van der Waals surface area contributed by atoms with Gasteiger partial charge in [0, 0.05) is 30.9 Å². The lowest BCUT2D eigenvalue weighted by Crippen LogP contribution is -2.28. The molecule has 126 valence electrons. The zero-order valence-electron chi connectivity index (χ0n) is 13.9. The SMILES string of the molecule is CC(C)Nc1ncccc1C(=O)N(C)Cc1ccccc1[N+](=O)[O-]. The minimum Gasteiger partial charge on any atom is -0.367 e. The Hall–Kier alpha value is -2.96. The third-order valence-corrected chi connectivity index (χ3v) is 3.41. The minimum atomic E-state index is -0.441. The van der Waals surface area contributed by atoms with Crippen LogP contribution in [0.3, 0.4) is 0 Å². The number of pyridine rings is 1. The van der Waals surface area contributed by atoms with Crippen molar-refractivity contribution < 1.29 is 9.72 Å². The van der Waals surface area contributed by atoms with Gasteiger partial charge in [-0.3, -0.25) is 14.9 Å². The summed E-state index contributed by atoms with van der Waals surface area (Å²) < 4.78 is 0. The van der Waals surface area contributed by atoms with E-state index in [0.29, 0.717) is 16.9 Å². The summed E-state index contributed by atoms with van der Waals surface area (Å²) in [5.74, 6) is 0.260. The van der Waals surface area contributed by atoms with Crippen LogP contribution in [0.25, 0.3) is 0 Å². The Morgan fingerprint density at radius 1 is 1.29 bits per heavy atom. The lowest BCUT2D eigenvalue weighted by atomic mass is 10.1. The van der Waals surface area contributed by atoms with Crippen LogP contribution in [0.1, 0.15) is 29.8 Å². The fourth-order valence-electron chi connectivity index (χ4n) is 2.32. The summed E-state index contributed by atoms with van der Waals surface area (Å²) in [6, 6.07) is 9.92. The molecule has 0 bridgehead atoms. The average Bonchev–Trinajstić information content (AvgIpc) is 2.54. The predicted octanol–water partition coefficient (Wildman–Crippen LogP) is 3.08. The number of aromatic nitrogens is 1. The van der Waals surface area contributed by atoms with Gasteiger partial charge in [0.15, 0.2) is 0 Å². The Balaban J connectivity index is 2.24. The van der Waals surface area contributed by atoms with Crippen molar-refractivity contribution in [2.75, 3.05) is 12.4 Å². The van der Waals surface area contributed by atoms with E-state index in [1.807, 2.05) is 13.8 Å². The number of nitro benzene ring substituents is 1. The van der Waals surface area contributed by atoms with E-state index in [-0.39, 0.29) is 24.2 Å². The van der Waals surface area contributed by atoms with Crippen molar-refractivity contribution >= 4 is 17.4 Å². The molecule has 7 nitrogen and oxygen atoms in total. The van der Waals surface area contributed by atoms with E-state index in [2.05, 4.69) is 10.3 Å². The maximum absolute atomic E-state index is 12.7. The molecular formula is C17H20N4O3. The second-order valence-corrected chi connectivity index (χ2v) is 5.75. The highest BCUT2D eigenvalue weighted by Gasteiger charge is 2.20. The van der Waals surface area contributed by atoms with E-state index in [1.165, 1.54) is 11.0 Å². The number of anilines is 1. The van der Waals surface area contributed by atoms with Gasteiger partial charge < -0.3 is 10.2 Å². The first-order valence-electron chi connectivity index (χ1n) is 7.59. The monoisotopic (exact) mass is 328 g/mol. The third-order valence-electron chi connectivity index (χ3n) is 3.41. The molecule has 0 unspecified atom stereocenters. The number of nitrogens with one attached hydrogen (secondary N) is 1.